The van der Waals surface area contributed by atoms with Crippen molar-refractivity contribution < 1.29 is 32.5 Å². The van der Waals surface area contributed by atoms with Crippen LogP contribution in [0.25, 0.3) is 0 Å². The summed E-state index contributed by atoms with van der Waals surface area (Å²) in [4.78, 5) is 8.90. The molecular weight excluding hydrogens is 303 g/mol. The molecule has 0 aromatic heterocycles. The molecule has 0 radical (unpaired) electrons. The van der Waals surface area contributed by atoms with Gasteiger partial charge in [-0.3, -0.25) is 0 Å². The maximum atomic E-state index is 10.6. The number of hydrogen-bond acceptors (Lipinski definition) is 4. The normalized spacial score (nSPS) is 11.0. The van der Waals surface area contributed by atoms with E-state index in [4.69, 9.17) is 25.1 Å². The Kier molecular flexibility index (Phi) is 7.55. The Morgan fingerprint density at radius 2 is 1.36 bits per heavy atom. The van der Waals surface area contributed by atoms with E-state index in [0.717, 1.165) is 11.5 Å². The smallest absolute Gasteiger partial charge is 0.490 e. The monoisotopic (exact) mass is 323 g/mol. The zero-order valence-corrected chi connectivity index (χ0v) is 12.8. The zero-order valence-electron chi connectivity index (χ0n) is 12.8. The minimum atomic E-state index is -5.08. The summed E-state index contributed by atoms with van der Waals surface area (Å²) >= 11 is 0. The highest BCUT2D eigenvalue weighted by Gasteiger charge is 2.38. The minimum Gasteiger partial charge on any atom is -0.491 e. The molecule has 1 rings (SSSR count). The highest BCUT2D eigenvalue weighted by atomic mass is 19.4. The summed E-state index contributed by atoms with van der Waals surface area (Å²) in [6.45, 7) is 7.91. The number of aliphatic carboxylic acids is 1. The van der Waals surface area contributed by atoms with Gasteiger partial charge in [0.2, 0.25) is 0 Å². The summed E-state index contributed by atoms with van der Waals surface area (Å²) in [6, 6.07) is 5.46. The predicted molar refractivity (Wildman–Crippen MR) is 76.1 cm³/mol. The van der Waals surface area contributed by atoms with Crippen molar-refractivity contribution in [3.8, 4) is 11.5 Å². The largest absolute Gasteiger partial charge is 0.491 e. The van der Waals surface area contributed by atoms with Crippen molar-refractivity contribution in [3.05, 3.63) is 18.2 Å². The lowest BCUT2D eigenvalue weighted by atomic mass is 10.2. The molecule has 0 unspecified atom stereocenters. The lowest BCUT2D eigenvalue weighted by Crippen LogP contribution is -2.21. The van der Waals surface area contributed by atoms with E-state index in [2.05, 4.69) is 0 Å². The molecule has 5 nitrogen and oxygen atoms in total. The van der Waals surface area contributed by atoms with Crippen LogP contribution in [0.3, 0.4) is 0 Å². The van der Waals surface area contributed by atoms with Gasteiger partial charge in [-0.05, 0) is 27.7 Å². The standard InChI is InChI=1S/C12H19NO2.C2HF3O2/c1-8(2)14-11-5-10(13)6-12(7-11)15-9(3)4;3-2(4,5)1(6)7/h5-9H,13H2,1-4H3;(H,6,7). The van der Waals surface area contributed by atoms with Crippen molar-refractivity contribution in [3.63, 3.8) is 0 Å². The number of alkyl halides is 3. The Morgan fingerprint density at radius 1 is 1.05 bits per heavy atom. The quantitative estimate of drug-likeness (QED) is 0.829. The van der Waals surface area contributed by atoms with Crippen LogP contribution in [0, 0.1) is 0 Å². The predicted octanol–water partition coefficient (Wildman–Crippen LogP) is 3.48. The van der Waals surface area contributed by atoms with Gasteiger partial charge in [0, 0.05) is 23.9 Å². The SMILES string of the molecule is CC(C)Oc1cc(N)cc(OC(C)C)c1.O=C(O)C(F)(F)F. The summed E-state index contributed by atoms with van der Waals surface area (Å²) in [5.41, 5.74) is 6.41. The Bertz CT molecular complexity index is 459. The van der Waals surface area contributed by atoms with E-state index in [1.54, 1.807) is 12.1 Å². The van der Waals surface area contributed by atoms with Crippen LogP contribution < -0.4 is 15.2 Å². The Hall–Kier alpha value is -2.12. The second-order valence-corrected chi connectivity index (χ2v) is 4.87. The van der Waals surface area contributed by atoms with Crippen molar-refractivity contribution in [2.75, 3.05) is 5.73 Å². The molecular formula is C14H20F3NO4. The molecule has 0 amide bonds. The highest BCUT2D eigenvalue weighted by Crippen LogP contribution is 2.25. The second kappa shape index (κ2) is 8.35. The lowest BCUT2D eigenvalue weighted by Gasteiger charge is -2.14. The number of halogens is 3. The summed E-state index contributed by atoms with van der Waals surface area (Å²) in [6.07, 6.45) is -4.81. The van der Waals surface area contributed by atoms with E-state index in [1.165, 1.54) is 0 Å². The maximum Gasteiger partial charge on any atom is 0.490 e. The molecule has 1 aromatic carbocycles. The fourth-order valence-corrected chi connectivity index (χ4v) is 1.27. The molecule has 0 saturated heterocycles. The third kappa shape index (κ3) is 8.93. The first-order valence-electron chi connectivity index (χ1n) is 6.45. The van der Waals surface area contributed by atoms with Crippen molar-refractivity contribution in [2.24, 2.45) is 0 Å². The van der Waals surface area contributed by atoms with Gasteiger partial charge in [-0.15, -0.1) is 0 Å². The van der Waals surface area contributed by atoms with Gasteiger partial charge in [-0.2, -0.15) is 13.2 Å². The van der Waals surface area contributed by atoms with Crippen LogP contribution in [-0.2, 0) is 4.79 Å². The van der Waals surface area contributed by atoms with E-state index in [0.29, 0.717) is 5.69 Å². The molecule has 0 aliphatic carbocycles. The van der Waals surface area contributed by atoms with Crippen LogP contribution in [0.4, 0.5) is 18.9 Å². The van der Waals surface area contributed by atoms with Gasteiger partial charge < -0.3 is 20.3 Å². The number of carbonyl (C=O) groups is 1. The van der Waals surface area contributed by atoms with E-state index in [1.807, 2.05) is 33.8 Å². The van der Waals surface area contributed by atoms with Crippen molar-refractivity contribution in [2.45, 2.75) is 46.1 Å². The highest BCUT2D eigenvalue weighted by molar-refractivity contribution is 5.73. The fraction of sp³-hybridized carbons (Fsp3) is 0.500. The Balaban J connectivity index is 0.000000534. The molecule has 3 N–H and O–H groups in total. The van der Waals surface area contributed by atoms with Gasteiger partial charge >= 0.3 is 12.1 Å². The molecule has 126 valence electrons. The molecule has 0 spiro atoms. The van der Waals surface area contributed by atoms with Gasteiger partial charge in [-0.25, -0.2) is 4.79 Å². The molecule has 0 heterocycles. The third-order valence-electron chi connectivity index (χ3n) is 1.89. The van der Waals surface area contributed by atoms with Crippen molar-refractivity contribution in [1.29, 1.82) is 0 Å². The number of ether oxygens (including phenoxy) is 2. The van der Waals surface area contributed by atoms with Crippen LogP contribution in [0.2, 0.25) is 0 Å². The first-order chi connectivity index (χ1) is 9.91. The molecule has 0 atom stereocenters. The van der Waals surface area contributed by atoms with Gasteiger partial charge in [0.1, 0.15) is 11.5 Å². The van der Waals surface area contributed by atoms with Gasteiger partial charge in [-0.1, -0.05) is 0 Å². The van der Waals surface area contributed by atoms with Crippen molar-refractivity contribution in [1.82, 2.24) is 0 Å². The summed E-state index contributed by atoms with van der Waals surface area (Å²) < 4.78 is 42.9. The number of nitrogen functional groups attached to an aromatic ring is 1. The van der Waals surface area contributed by atoms with Crippen LogP contribution >= 0.6 is 0 Å². The van der Waals surface area contributed by atoms with Crippen molar-refractivity contribution >= 4 is 11.7 Å². The van der Waals surface area contributed by atoms with E-state index >= 15 is 0 Å². The van der Waals surface area contributed by atoms with Crippen LogP contribution in [0.1, 0.15) is 27.7 Å². The number of rotatable bonds is 4. The molecule has 8 heteroatoms. The minimum absolute atomic E-state index is 0.138. The maximum absolute atomic E-state index is 10.6. The first kappa shape index (κ1) is 19.9. The van der Waals surface area contributed by atoms with Crippen LogP contribution in [0.5, 0.6) is 11.5 Å². The zero-order chi connectivity index (χ0) is 17.5. The van der Waals surface area contributed by atoms with Gasteiger partial charge in [0.05, 0.1) is 12.2 Å². The molecule has 0 bridgehead atoms. The first-order valence-corrected chi connectivity index (χ1v) is 6.45. The number of carboxylic acid groups (broad SMARTS) is 1. The lowest BCUT2D eigenvalue weighted by molar-refractivity contribution is -0.192. The Morgan fingerprint density at radius 3 is 1.59 bits per heavy atom. The Labute approximate surface area is 126 Å². The van der Waals surface area contributed by atoms with Gasteiger partial charge in [0.15, 0.2) is 0 Å². The summed E-state index contributed by atoms with van der Waals surface area (Å²) in [5.74, 6) is -1.26. The fourth-order valence-electron chi connectivity index (χ4n) is 1.27. The number of hydrogen-bond donors (Lipinski definition) is 2. The molecule has 0 saturated carbocycles. The second-order valence-electron chi connectivity index (χ2n) is 4.87. The molecule has 1 aromatic rings. The van der Waals surface area contributed by atoms with E-state index < -0.39 is 12.1 Å². The van der Waals surface area contributed by atoms with E-state index in [-0.39, 0.29) is 12.2 Å². The average molecular weight is 323 g/mol. The molecule has 0 aliphatic rings. The summed E-state index contributed by atoms with van der Waals surface area (Å²) in [7, 11) is 0. The molecule has 0 fully saturated rings. The number of carboxylic acids is 1. The number of nitrogens with two attached hydrogens (primary N) is 1. The number of anilines is 1. The molecule has 22 heavy (non-hydrogen) atoms. The average Bonchev–Trinajstić information content (AvgIpc) is 2.24. The summed E-state index contributed by atoms with van der Waals surface area (Å²) in [5, 5.41) is 7.12. The molecule has 0 aliphatic heterocycles. The third-order valence-corrected chi connectivity index (χ3v) is 1.89. The topological polar surface area (TPSA) is 81.8 Å². The van der Waals surface area contributed by atoms with Gasteiger partial charge in [0.25, 0.3) is 0 Å². The van der Waals surface area contributed by atoms with Crippen LogP contribution in [0.15, 0.2) is 18.2 Å². The van der Waals surface area contributed by atoms with E-state index in [9.17, 15) is 13.2 Å². The van der Waals surface area contributed by atoms with Crippen LogP contribution in [-0.4, -0.2) is 29.5 Å². The number of benzene rings is 1.